The molecule has 13 heteroatoms. The lowest BCUT2D eigenvalue weighted by atomic mass is 10.0. The lowest BCUT2D eigenvalue weighted by molar-refractivity contribution is -0.143. The Labute approximate surface area is 182 Å². The maximum Gasteiger partial charge on any atom is 0.407 e. The maximum atomic E-state index is 11.6. The fourth-order valence-corrected chi connectivity index (χ4v) is 1.95. The third-order valence-corrected chi connectivity index (χ3v) is 3.35. The van der Waals surface area contributed by atoms with Gasteiger partial charge < -0.3 is 34.4 Å². The van der Waals surface area contributed by atoms with E-state index in [1.807, 2.05) is 13.8 Å². The Morgan fingerprint density at radius 1 is 0.710 bits per heavy atom. The summed E-state index contributed by atoms with van der Waals surface area (Å²) in [6.07, 6.45) is -0.122. The summed E-state index contributed by atoms with van der Waals surface area (Å²) in [7, 11) is 5.18. The first-order chi connectivity index (χ1) is 14.8. The Hall–Kier alpha value is -2.83. The van der Waals surface area contributed by atoms with Crippen LogP contribution < -0.4 is 10.6 Å². The van der Waals surface area contributed by atoms with Crippen LogP contribution in [-0.2, 0) is 33.3 Å². The van der Waals surface area contributed by atoms with Gasteiger partial charge in [-0.25, -0.2) is 9.59 Å². The quantitative estimate of drug-likeness (QED) is 0.179. The Kier molecular flexibility index (Phi) is 16.3. The molecule has 0 fully saturated rings. The molecule has 2 N–H and O–H groups in total. The van der Waals surface area contributed by atoms with Crippen molar-refractivity contribution in [2.24, 2.45) is 0 Å². The number of carbonyl (C=O) groups excluding carboxylic acids is 5. The Morgan fingerprint density at radius 3 is 1.48 bits per heavy atom. The van der Waals surface area contributed by atoms with Crippen molar-refractivity contribution in [3.63, 3.8) is 0 Å². The number of esters is 2. The minimum Gasteiger partial charge on any atom is -0.463 e. The average Bonchev–Trinajstić information content (AvgIpc) is 2.72. The van der Waals surface area contributed by atoms with Gasteiger partial charge in [0, 0.05) is 19.6 Å². The van der Waals surface area contributed by atoms with E-state index in [0.29, 0.717) is 12.8 Å². The van der Waals surface area contributed by atoms with Gasteiger partial charge in [0.15, 0.2) is 7.85 Å². The van der Waals surface area contributed by atoms with E-state index < -0.39 is 29.8 Å². The summed E-state index contributed by atoms with van der Waals surface area (Å²) in [6, 6.07) is 0. The predicted molar refractivity (Wildman–Crippen MR) is 108 cm³/mol. The number of alkyl carbamates (subject to hydrolysis) is 2. The number of hydrogen-bond donors (Lipinski definition) is 2. The van der Waals surface area contributed by atoms with E-state index in [1.54, 1.807) is 0 Å². The van der Waals surface area contributed by atoms with Crippen molar-refractivity contribution in [2.75, 3.05) is 59.2 Å². The van der Waals surface area contributed by atoms with Crippen molar-refractivity contribution >= 4 is 37.7 Å². The van der Waals surface area contributed by atoms with Crippen LogP contribution in [0.4, 0.5) is 9.59 Å². The third-order valence-electron chi connectivity index (χ3n) is 3.35. The van der Waals surface area contributed by atoms with Crippen LogP contribution in [0.15, 0.2) is 0 Å². The average molecular weight is 443 g/mol. The number of rotatable bonds is 16. The third kappa shape index (κ3) is 17.7. The molecule has 0 aromatic heterocycles. The summed E-state index contributed by atoms with van der Waals surface area (Å²) in [6.45, 7) is 3.45. The van der Waals surface area contributed by atoms with E-state index in [1.165, 1.54) is 4.90 Å². The molecule has 0 bridgehead atoms. The molecule has 31 heavy (non-hydrogen) atoms. The van der Waals surface area contributed by atoms with Crippen LogP contribution in [-0.4, -0.2) is 102 Å². The van der Waals surface area contributed by atoms with Crippen LogP contribution in [0.5, 0.6) is 0 Å². The number of ether oxygens (including phenoxy) is 4. The first-order valence-electron chi connectivity index (χ1n) is 9.91. The number of hydrogen-bond acceptors (Lipinski definition) is 10. The first-order valence-corrected chi connectivity index (χ1v) is 9.91. The van der Waals surface area contributed by atoms with Gasteiger partial charge in [0.05, 0.1) is 18.9 Å². The number of carbonyl (C=O) groups is 5. The molecule has 0 aliphatic heterocycles. The highest BCUT2D eigenvalue weighted by Crippen LogP contribution is 1.92. The van der Waals surface area contributed by atoms with Gasteiger partial charge in [0.2, 0.25) is 0 Å². The van der Waals surface area contributed by atoms with Crippen molar-refractivity contribution < 1.29 is 42.9 Å². The first kappa shape index (κ1) is 28.2. The minimum absolute atomic E-state index is 0.0728. The van der Waals surface area contributed by atoms with Crippen molar-refractivity contribution in [3.05, 3.63) is 0 Å². The normalized spacial score (nSPS) is 10.2. The van der Waals surface area contributed by atoms with Gasteiger partial charge >= 0.3 is 24.1 Å². The molecule has 0 aromatic rings. The summed E-state index contributed by atoms with van der Waals surface area (Å²) in [5.74, 6) is -1.36. The second kappa shape index (κ2) is 18.0. The zero-order valence-corrected chi connectivity index (χ0v) is 18.0. The molecule has 2 radical (unpaired) electrons. The van der Waals surface area contributed by atoms with E-state index in [-0.39, 0.29) is 59.2 Å². The zero-order valence-electron chi connectivity index (χ0n) is 18.0. The van der Waals surface area contributed by atoms with E-state index in [0.717, 1.165) is 0 Å². The SMILES string of the molecule is [B]C(=O)CN(CCOC(=O)CNC(=O)OCCC)CCOC(=O)CNC(=O)OCCC. The maximum absolute atomic E-state index is 11.6. The highest BCUT2D eigenvalue weighted by atomic mass is 16.6. The number of nitrogens with one attached hydrogen (secondary N) is 2. The van der Waals surface area contributed by atoms with Gasteiger partial charge in [-0.3, -0.25) is 14.5 Å². The van der Waals surface area contributed by atoms with Gasteiger partial charge in [-0.05, 0) is 12.8 Å². The molecule has 0 aromatic carbocycles. The second-order valence-electron chi connectivity index (χ2n) is 6.16. The van der Waals surface area contributed by atoms with Gasteiger partial charge in [-0.2, -0.15) is 0 Å². The summed E-state index contributed by atoms with van der Waals surface area (Å²) < 4.78 is 19.4. The number of amides is 2. The van der Waals surface area contributed by atoms with Crippen LogP contribution in [0.3, 0.4) is 0 Å². The smallest absolute Gasteiger partial charge is 0.407 e. The van der Waals surface area contributed by atoms with E-state index in [9.17, 15) is 24.0 Å². The molecule has 0 aliphatic carbocycles. The lowest BCUT2D eigenvalue weighted by Gasteiger charge is -2.20. The predicted octanol–water partition coefficient (Wildman–Crippen LogP) is -0.658. The number of nitrogens with zero attached hydrogens (tertiary/aromatic N) is 1. The highest BCUT2D eigenvalue weighted by molar-refractivity contribution is 6.58. The fraction of sp³-hybridized carbons (Fsp3) is 0.722. The molecule has 0 saturated carbocycles. The molecule has 174 valence electrons. The molecule has 12 nitrogen and oxygen atoms in total. The molecular weight excluding hydrogens is 413 g/mol. The van der Waals surface area contributed by atoms with Crippen LogP contribution in [0.2, 0.25) is 0 Å². The minimum atomic E-state index is -0.718. The van der Waals surface area contributed by atoms with Crippen molar-refractivity contribution in [1.29, 1.82) is 0 Å². The molecule has 0 rings (SSSR count). The van der Waals surface area contributed by atoms with E-state index in [2.05, 4.69) is 10.6 Å². The van der Waals surface area contributed by atoms with Crippen LogP contribution in [0.25, 0.3) is 0 Å². The molecule has 0 aliphatic rings. The van der Waals surface area contributed by atoms with Crippen molar-refractivity contribution in [1.82, 2.24) is 15.5 Å². The van der Waals surface area contributed by atoms with Gasteiger partial charge in [0.1, 0.15) is 26.3 Å². The Balaban J connectivity index is 4.11. The highest BCUT2D eigenvalue weighted by Gasteiger charge is 2.12. The second-order valence-corrected chi connectivity index (χ2v) is 6.16. The molecule has 2 amide bonds. The van der Waals surface area contributed by atoms with E-state index in [4.69, 9.17) is 26.8 Å². The van der Waals surface area contributed by atoms with Gasteiger partial charge in [-0.15, -0.1) is 0 Å². The Morgan fingerprint density at radius 2 is 1.13 bits per heavy atom. The molecule has 0 atom stereocenters. The van der Waals surface area contributed by atoms with Crippen molar-refractivity contribution in [2.45, 2.75) is 26.7 Å². The molecule has 0 unspecified atom stereocenters. The Bertz CT molecular complexity index is 548. The molecule has 0 heterocycles. The molecular formula is C18H30BN3O9. The van der Waals surface area contributed by atoms with E-state index >= 15 is 0 Å². The monoisotopic (exact) mass is 443 g/mol. The molecule has 0 saturated heterocycles. The van der Waals surface area contributed by atoms with Crippen LogP contribution in [0.1, 0.15) is 26.7 Å². The summed E-state index contributed by atoms with van der Waals surface area (Å²) in [4.78, 5) is 58.4. The summed E-state index contributed by atoms with van der Waals surface area (Å²) >= 11 is 0. The fourth-order valence-electron chi connectivity index (χ4n) is 1.95. The largest absolute Gasteiger partial charge is 0.463 e. The summed E-state index contributed by atoms with van der Waals surface area (Å²) in [5.41, 5.74) is -0.613. The lowest BCUT2D eigenvalue weighted by Crippen LogP contribution is -2.38. The van der Waals surface area contributed by atoms with Crippen LogP contribution >= 0.6 is 0 Å². The van der Waals surface area contributed by atoms with Crippen LogP contribution in [0, 0.1) is 0 Å². The standard InChI is InChI=1S/C18H30BN3O9/c1-3-7-30-17(26)20-11-15(24)28-9-5-22(13-14(19)23)6-10-29-16(25)12-21-18(27)31-8-4-2/h3-13H2,1-2H3,(H,20,26)(H,21,27). The van der Waals surface area contributed by atoms with Crippen molar-refractivity contribution in [3.8, 4) is 0 Å². The summed E-state index contributed by atoms with van der Waals surface area (Å²) in [5, 5.41) is 4.49. The molecule has 0 spiro atoms. The van der Waals surface area contributed by atoms with Gasteiger partial charge in [0.25, 0.3) is 0 Å². The zero-order chi connectivity index (χ0) is 23.5. The topological polar surface area (TPSA) is 150 Å². The van der Waals surface area contributed by atoms with Gasteiger partial charge in [-0.1, -0.05) is 13.8 Å².